The summed E-state index contributed by atoms with van der Waals surface area (Å²) in [5, 5.41) is 7.62. The van der Waals surface area contributed by atoms with E-state index in [0.717, 1.165) is 35.5 Å². The SMILES string of the molecule is COc1cc(N2CCC3(CCCN3C)CC2)ccc1Nc1ncc(Cl)c(Nc2ccccc2P(C)(C)=O)n1. The van der Waals surface area contributed by atoms with Gasteiger partial charge >= 0.3 is 0 Å². The second kappa shape index (κ2) is 10.8. The van der Waals surface area contributed by atoms with Crippen molar-refractivity contribution in [1.29, 1.82) is 0 Å². The van der Waals surface area contributed by atoms with Crippen molar-refractivity contribution >= 4 is 52.9 Å². The second-order valence-electron chi connectivity index (χ2n) is 10.6. The Bertz CT molecular complexity index is 1350. The highest BCUT2D eigenvalue weighted by Gasteiger charge is 2.41. The van der Waals surface area contributed by atoms with Crippen LogP contribution in [0.4, 0.5) is 28.8 Å². The van der Waals surface area contributed by atoms with Gasteiger partial charge in [-0.1, -0.05) is 23.7 Å². The number of likely N-dealkylation sites (tertiary alicyclic amines) is 1. The number of halogens is 1. The van der Waals surface area contributed by atoms with E-state index in [1.807, 2.05) is 30.3 Å². The van der Waals surface area contributed by atoms with Crippen LogP contribution < -0.4 is 25.6 Å². The molecule has 3 aromatic rings. The first kappa shape index (κ1) is 26.8. The molecule has 5 rings (SSSR count). The molecule has 0 bridgehead atoms. The molecular formula is C28H36ClN6O2P. The van der Waals surface area contributed by atoms with Gasteiger partial charge in [0.15, 0.2) is 5.82 Å². The Hall–Kier alpha value is -2.80. The van der Waals surface area contributed by atoms with Crippen LogP contribution in [0.3, 0.4) is 0 Å². The molecule has 8 nitrogen and oxygen atoms in total. The van der Waals surface area contributed by atoms with E-state index in [1.54, 1.807) is 26.6 Å². The summed E-state index contributed by atoms with van der Waals surface area (Å²) >= 11 is 6.42. The van der Waals surface area contributed by atoms with Gasteiger partial charge in [-0.3, -0.25) is 0 Å². The number of rotatable bonds is 7. The Labute approximate surface area is 230 Å². The predicted octanol–water partition coefficient (Wildman–Crippen LogP) is 5.94. The largest absolute Gasteiger partial charge is 0.494 e. The van der Waals surface area contributed by atoms with Crippen LogP contribution >= 0.6 is 18.7 Å². The van der Waals surface area contributed by atoms with Crippen molar-refractivity contribution < 1.29 is 9.30 Å². The van der Waals surface area contributed by atoms with Gasteiger partial charge in [-0.05, 0) is 76.9 Å². The van der Waals surface area contributed by atoms with Gasteiger partial charge in [0, 0.05) is 35.7 Å². The zero-order valence-electron chi connectivity index (χ0n) is 22.5. The lowest BCUT2D eigenvalue weighted by atomic mass is 9.85. The molecule has 0 aliphatic carbocycles. The second-order valence-corrected chi connectivity index (χ2v) is 14.2. The smallest absolute Gasteiger partial charge is 0.229 e. The Morgan fingerprint density at radius 2 is 1.79 bits per heavy atom. The minimum Gasteiger partial charge on any atom is -0.494 e. The average molecular weight is 555 g/mol. The van der Waals surface area contributed by atoms with Crippen LogP contribution in [0, 0.1) is 0 Å². The van der Waals surface area contributed by atoms with Crippen molar-refractivity contribution in [3.8, 4) is 5.75 Å². The van der Waals surface area contributed by atoms with Crippen LogP contribution in [0.1, 0.15) is 25.7 Å². The fraction of sp³-hybridized carbons (Fsp3) is 0.429. The maximum atomic E-state index is 12.8. The molecular weight excluding hydrogens is 519 g/mol. The number of benzene rings is 2. The van der Waals surface area contributed by atoms with E-state index < -0.39 is 7.14 Å². The van der Waals surface area contributed by atoms with Crippen molar-refractivity contribution in [1.82, 2.24) is 14.9 Å². The van der Waals surface area contributed by atoms with Crippen molar-refractivity contribution in [2.75, 3.05) is 62.7 Å². The molecule has 1 aromatic heterocycles. The molecule has 0 radical (unpaired) electrons. The van der Waals surface area contributed by atoms with E-state index >= 15 is 0 Å². The number of methoxy groups -OCH3 is 1. The third kappa shape index (κ3) is 5.49. The minimum atomic E-state index is -2.50. The Morgan fingerprint density at radius 3 is 2.47 bits per heavy atom. The normalized spacial score (nSPS) is 17.6. The lowest BCUT2D eigenvalue weighted by molar-refractivity contribution is 0.137. The highest BCUT2D eigenvalue weighted by atomic mass is 35.5. The molecule has 3 heterocycles. The molecule has 2 aliphatic heterocycles. The molecule has 2 aliphatic rings. The van der Waals surface area contributed by atoms with Gasteiger partial charge in [0.1, 0.15) is 17.9 Å². The van der Waals surface area contributed by atoms with E-state index in [1.165, 1.54) is 32.2 Å². The molecule has 0 unspecified atom stereocenters. The van der Waals surface area contributed by atoms with Crippen LogP contribution in [0.15, 0.2) is 48.7 Å². The molecule has 2 N–H and O–H groups in total. The molecule has 2 aromatic carbocycles. The maximum absolute atomic E-state index is 12.8. The number of hydrogen-bond acceptors (Lipinski definition) is 8. The third-order valence-electron chi connectivity index (χ3n) is 7.92. The minimum absolute atomic E-state index is 0.366. The van der Waals surface area contributed by atoms with Crippen LogP contribution in [0.2, 0.25) is 5.02 Å². The third-order valence-corrected chi connectivity index (χ3v) is 9.74. The summed E-state index contributed by atoms with van der Waals surface area (Å²) in [5.41, 5.74) is 3.01. The van der Waals surface area contributed by atoms with E-state index in [-0.39, 0.29) is 0 Å². The molecule has 202 valence electrons. The Kier molecular flexibility index (Phi) is 7.58. The molecule has 2 saturated heterocycles. The van der Waals surface area contributed by atoms with Gasteiger partial charge in [0.25, 0.3) is 0 Å². The van der Waals surface area contributed by atoms with Gasteiger partial charge in [0.2, 0.25) is 5.95 Å². The number of nitrogens with one attached hydrogen (secondary N) is 2. The molecule has 0 saturated carbocycles. The van der Waals surface area contributed by atoms with Crippen molar-refractivity contribution in [3.63, 3.8) is 0 Å². The van der Waals surface area contributed by atoms with Gasteiger partial charge < -0.3 is 29.7 Å². The van der Waals surface area contributed by atoms with Crippen LogP contribution in [-0.2, 0) is 4.57 Å². The number of piperidine rings is 1. The first-order valence-electron chi connectivity index (χ1n) is 13.0. The van der Waals surface area contributed by atoms with Crippen molar-refractivity contribution in [2.45, 2.75) is 31.2 Å². The van der Waals surface area contributed by atoms with Crippen LogP contribution in [0.25, 0.3) is 0 Å². The molecule has 1 spiro atoms. The first-order valence-corrected chi connectivity index (χ1v) is 16.0. The summed E-state index contributed by atoms with van der Waals surface area (Å²) < 4.78 is 18.5. The zero-order valence-corrected chi connectivity index (χ0v) is 24.1. The summed E-state index contributed by atoms with van der Waals surface area (Å²) in [6, 6.07) is 13.7. The molecule has 0 atom stereocenters. The average Bonchev–Trinajstić information content (AvgIpc) is 3.25. The van der Waals surface area contributed by atoms with Crippen LogP contribution in [-0.4, -0.2) is 67.5 Å². The van der Waals surface area contributed by atoms with Crippen LogP contribution in [0.5, 0.6) is 5.75 Å². The summed E-state index contributed by atoms with van der Waals surface area (Å²) in [4.78, 5) is 14.0. The Balaban J connectivity index is 1.33. The fourth-order valence-electron chi connectivity index (χ4n) is 5.68. The fourth-order valence-corrected chi connectivity index (χ4v) is 6.97. The van der Waals surface area contributed by atoms with E-state index in [2.05, 4.69) is 49.6 Å². The predicted molar refractivity (Wildman–Crippen MR) is 158 cm³/mol. The molecule has 10 heteroatoms. The van der Waals surface area contributed by atoms with Gasteiger partial charge in [0.05, 0.1) is 24.7 Å². The van der Waals surface area contributed by atoms with E-state index in [9.17, 15) is 4.57 Å². The summed E-state index contributed by atoms with van der Waals surface area (Å²) in [6.45, 7) is 6.78. The van der Waals surface area contributed by atoms with Gasteiger partial charge in [-0.25, -0.2) is 4.98 Å². The molecule has 38 heavy (non-hydrogen) atoms. The van der Waals surface area contributed by atoms with E-state index in [0.29, 0.717) is 28.0 Å². The number of ether oxygens (including phenoxy) is 1. The topological polar surface area (TPSA) is 82.6 Å². The molecule has 0 amide bonds. The Morgan fingerprint density at radius 1 is 1.03 bits per heavy atom. The van der Waals surface area contributed by atoms with Crippen molar-refractivity contribution in [2.24, 2.45) is 0 Å². The highest BCUT2D eigenvalue weighted by Crippen LogP contribution is 2.41. The molecule has 2 fully saturated rings. The number of nitrogens with zero attached hydrogens (tertiary/aromatic N) is 4. The zero-order chi connectivity index (χ0) is 26.9. The van der Waals surface area contributed by atoms with Gasteiger partial charge in [-0.15, -0.1) is 0 Å². The lowest BCUT2D eigenvalue weighted by Gasteiger charge is -2.44. The highest BCUT2D eigenvalue weighted by molar-refractivity contribution is 7.70. The summed E-state index contributed by atoms with van der Waals surface area (Å²) in [5.74, 6) is 1.53. The number of anilines is 5. The lowest BCUT2D eigenvalue weighted by Crippen LogP contribution is -2.50. The maximum Gasteiger partial charge on any atom is 0.229 e. The van der Waals surface area contributed by atoms with Crippen molar-refractivity contribution in [3.05, 3.63) is 53.7 Å². The quantitative estimate of drug-likeness (QED) is 0.347. The van der Waals surface area contributed by atoms with Gasteiger partial charge in [-0.2, -0.15) is 4.98 Å². The number of aromatic nitrogens is 2. The number of hydrogen-bond donors (Lipinski definition) is 2. The van der Waals surface area contributed by atoms with E-state index in [4.69, 9.17) is 16.3 Å². The number of para-hydroxylation sites is 1. The first-order chi connectivity index (χ1) is 18.2. The summed E-state index contributed by atoms with van der Waals surface area (Å²) in [6.07, 6.45) is 6.54. The summed E-state index contributed by atoms with van der Waals surface area (Å²) in [7, 11) is 1.44. The monoisotopic (exact) mass is 554 g/mol. The standard InChI is InChI=1S/C28H36ClN6O2P/c1-34-15-7-12-28(34)13-16-35(17-14-28)20-10-11-22(24(18-20)37-2)32-27-30-19-21(29)26(33-27)31-23-8-5-6-9-25(23)38(3,4)36/h5-6,8-11,18-19H,7,12-17H2,1-4H3,(H2,30,31,32,33).